The van der Waals surface area contributed by atoms with E-state index in [9.17, 15) is 0 Å². The molecule has 1 nitrogen and oxygen atoms in total. The number of nitrogens with zero attached hydrogens (tertiary/aromatic N) is 1. The molecule has 6 rings (SSSR count). The Hall–Kier alpha value is -3.97. The second kappa shape index (κ2) is 7.32. The first kappa shape index (κ1) is 18.8. The Morgan fingerprint density at radius 2 is 1.06 bits per heavy atom. The number of benzene rings is 4. The molecule has 0 unspecified atom stereocenters. The molecule has 1 heteroatoms. The average molecular weight is 410 g/mol. The van der Waals surface area contributed by atoms with Gasteiger partial charge in [-0.1, -0.05) is 109 Å². The van der Waals surface area contributed by atoms with Gasteiger partial charge < -0.3 is 0 Å². The summed E-state index contributed by atoms with van der Waals surface area (Å²) in [6.07, 6.45) is 1.85. The highest BCUT2D eigenvalue weighted by molar-refractivity contribution is 5.86. The van der Waals surface area contributed by atoms with E-state index >= 15 is 0 Å². The van der Waals surface area contributed by atoms with Crippen LogP contribution < -0.4 is 0 Å². The third-order valence-electron chi connectivity index (χ3n) is 6.72. The van der Waals surface area contributed by atoms with Crippen molar-refractivity contribution in [3.63, 3.8) is 0 Å². The third kappa shape index (κ3) is 2.68. The largest absolute Gasteiger partial charge is 0.256 e. The molecule has 0 atom stereocenters. The molecule has 152 valence electrons. The van der Waals surface area contributed by atoms with Crippen LogP contribution >= 0.6 is 0 Å². The molecule has 0 radical (unpaired) electrons. The van der Waals surface area contributed by atoms with Crippen LogP contribution in [0.15, 0.2) is 121 Å². The van der Waals surface area contributed by atoms with Crippen molar-refractivity contribution in [2.24, 2.45) is 0 Å². The van der Waals surface area contributed by atoms with Gasteiger partial charge in [-0.2, -0.15) is 0 Å². The summed E-state index contributed by atoms with van der Waals surface area (Å²) in [5.74, 6) is 0. The van der Waals surface area contributed by atoms with Crippen LogP contribution in [0.4, 0.5) is 0 Å². The number of aromatic nitrogens is 1. The summed E-state index contributed by atoms with van der Waals surface area (Å²) in [6.45, 7) is 2.15. The van der Waals surface area contributed by atoms with E-state index in [0.717, 1.165) is 11.3 Å². The highest BCUT2D eigenvalue weighted by Crippen LogP contribution is 2.55. The van der Waals surface area contributed by atoms with Crippen LogP contribution in [0.2, 0.25) is 0 Å². The molecule has 1 aliphatic carbocycles. The number of hydrogen-bond acceptors (Lipinski definition) is 1. The molecule has 0 amide bonds. The lowest BCUT2D eigenvalue weighted by Gasteiger charge is -2.34. The van der Waals surface area contributed by atoms with Crippen LogP contribution in [0.5, 0.6) is 0 Å². The standard InChI is InChI=1S/C31H23N/c1-22-13-17-24(18-14-22)31(25-19-15-23(16-20-25)30-12-6-7-21-32-30)28-10-4-2-8-26(28)27-9-3-5-11-29(27)31/h2-21H,1H3. The van der Waals surface area contributed by atoms with Crippen molar-refractivity contribution in [1.82, 2.24) is 4.98 Å². The van der Waals surface area contributed by atoms with E-state index in [-0.39, 0.29) is 5.41 Å². The predicted molar refractivity (Wildman–Crippen MR) is 132 cm³/mol. The lowest BCUT2D eigenvalue weighted by Crippen LogP contribution is -2.28. The zero-order valence-corrected chi connectivity index (χ0v) is 18.0. The first-order valence-electron chi connectivity index (χ1n) is 11.1. The topological polar surface area (TPSA) is 12.9 Å². The molecule has 4 aromatic carbocycles. The molecule has 1 aliphatic rings. The van der Waals surface area contributed by atoms with Gasteiger partial charge in [0.15, 0.2) is 0 Å². The minimum atomic E-state index is -0.344. The molecular weight excluding hydrogens is 386 g/mol. The fourth-order valence-electron chi connectivity index (χ4n) is 5.25. The van der Waals surface area contributed by atoms with Gasteiger partial charge in [0.25, 0.3) is 0 Å². The molecule has 32 heavy (non-hydrogen) atoms. The Labute approximate surface area is 189 Å². The van der Waals surface area contributed by atoms with Gasteiger partial charge in [-0.3, -0.25) is 4.98 Å². The SMILES string of the molecule is Cc1ccc(C2(c3ccc(-c4ccccn4)cc3)c3ccccc3-c3ccccc32)cc1. The normalized spacial score (nSPS) is 13.4. The highest BCUT2D eigenvalue weighted by Gasteiger charge is 2.45. The molecule has 0 spiro atoms. The molecule has 1 aromatic heterocycles. The monoisotopic (exact) mass is 409 g/mol. The number of fused-ring (bicyclic) bond motifs is 3. The van der Waals surface area contributed by atoms with Gasteiger partial charge in [-0.15, -0.1) is 0 Å². The maximum Gasteiger partial charge on any atom is 0.0713 e. The molecular formula is C31H23N. The molecule has 0 N–H and O–H groups in total. The van der Waals surface area contributed by atoms with Crippen LogP contribution in [0, 0.1) is 6.92 Å². The van der Waals surface area contributed by atoms with E-state index in [1.165, 1.54) is 38.9 Å². The maximum absolute atomic E-state index is 4.53. The summed E-state index contributed by atoms with van der Waals surface area (Å²) in [4.78, 5) is 4.53. The summed E-state index contributed by atoms with van der Waals surface area (Å²) in [5, 5.41) is 0. The van der Waals surface area contributed by atoms with Gasteiger partial charge in [-0.25, -0.2) is 0 Å². The van der Waals surface area contributed by atoms with Gasteiger partial charge >= 0.3 is 0 Å². The minimum Gasteiger partial charge on any atom is -0.256 e. The zero-order valence-electron chi connectivity index (χ0n) is 18.0. The molecule has 0 bridgehead atoms. The first-order chi connectivity index (χ1) is 15.8. The molecule has 0 saturated carbocycles. The number of hydrogen-bond donors (Lipinski definition) is 0. The van der Waals surface area contributed by atoms with Crippen molar-refractivity contribution >= 4 is 0 Å². The van der Waals surface area contributed by atoms with Crippen molar-refractivity contribution in [3.05, 3.63) is 149 Å². The molecule has 0 fully saturated rings. The van der Waals surface area contributed by atoms with E-state index in [2.05, 4.69) is 115 Å². The fraction of sp³-hybridized carbons (Fsp3) is 0.0645. The van der Waals surface area contributed by atoms with E-state index in [1.54, 1.807) is 0 Å². The van der Waals surface area contributed by atoms with E-state index in [1.807, 2.05) is 18.3 Å². The van der Waals surface area contributed by atoms with Crippen LogP contribution in [-0.2, 0) is 5.41 Å². The fourth-order valence-corrected chi connectivity index (χ4v) is 5.25. The Balaban J connectivity index is 1.65. The van der Waals surface area contributed by atoms with Gasteiger partial charge in [0.1, 0.15) is 0 Å². The third-order valence-corrected chi connectivity index (χ3v) is 6.72. The van der Waals surface area contributed by atoms with E-state index in [4.69, 9.17) is 0 Å². The second-order valence-electron chi connectivity index (χ2n) is 8.50. The lowest BCUT2D eigenvalue weighted by atomic mass is 9.67. The van der Waals surface area contributed by atoms with Crippen LogP contribution in [-0.4, -0.2) is 4.98 Å². The van der Waals surface area contributed by atoms with Crippen LogP contribution in [0.3, 0.4) is 0 Å². The highest BCUT2D eigenvalue weighted by atomic mass is 14.7. The predicted octanol–water partition coefficient (Wildman–Crippen LogP) is 7.42. The van der Waals surface area contributed by atoms with Gasteiger partial charge in [0, 0.05) is 11.8 Å². The van der Waals surface area contributed by atoms with E-state index in [0.29, 0.717) is 0 Å². The van der Waals surface area contributed by atoms with Crippen molar-refractivity contribution in [3.8, 4) is 22.4 Å². The Kier molecular flexibility index (Phi) is 4.29. The van der Waals surface area contributed by atoms with Gasteiger partial charge in [-0.05, 0) is 52.4 Å². The van der Waals surface area contributed by atoms with Crippen molar-refractivity contribution in [2.45, 2.75) is 12.3 Å². The molecule has 1 heterocycles. The molecule has 0 aliphatic heterocycles. The summed E-state index contributed by atoms with van der Waals surface area (Å²) >= 11 is 0. The Morgan fingerprint density at radius 3 is 1.62 bits per heavy atom. The Bertz CT molecular complexity index is 1350. The van der Waals surface area contributed by atoms with Crippen molar-refractivity contribution in [1.29, 1.82) is 0 Å². The van der Waals surface area contributed by atoms with Gasteiger partial charge in [0.2, 0.25) is 0 Å². The molecule has 5 aromatic rings. The van der Waals surface area contributed by atoms with Crippen LogP contribution in [0.1, 0.15) is 27.8 Å². The van der Waals surface area contributed by atoms with Crippen LogP contribution in [0.25, 0.3) is 22.4 Å². The summed E-state index contributed by atoms with van der Waals surface area (Å²) in [7, 11) is 0. The maximum atomic E-state index is 4.53. The minimum absolute atomic E-state index is 0.344. The lowest BCUT2D eigenvalue weighted by molar-refractivity contribution is 0.768. The average Bonchev–Trinajstić information content (AvgIpc) is 3.17. The molecule has 0 saturated heterocycles. The zero-order chi connectivity index (χ0) is 21.5. The van der Waals surface area contributed by atoms with E-state index < -0.39 is 0 Å². The summed E-state index contributed by atoms with van der Waals surface area (Å²) in [5.41, 5.74) is 11.0. The quantitative estimate of drug-likeness (QED) is 0.296. The number of rotatable bonds is 3. The van der Waals surface area contributed by atoms with Gasteiger partial charge in [0.05, 0.1) is 11.1 Å². The number of aryl methyl sites for hydroxylation is 1. The summed E-state index contributed by atoms with van der Waals surface area (Å²) < 4.78 is 0. The Morgan fingerprint density at radius 1 is 0.531 bits per heavy atom. The second-order valence-corrected chi connectivity index (χ2v) is 8.50. The first-order valence-corrected chi connectivity index (χ1v) is 11.1. The van der Waals surface area contributed by atoms with Crippen molar-refractivity contribution < 1.29 is 0 Å². The smallest absolute Gasteiger partial charge is 0.0713 e. The summed E-state index contributed by atoms with van der Waals surface area (Å²) in [6, 6.07) is 41.8. The number of pyridine rings is 1. The van der Waals surface area contributed by atoms with Crippen molar-refractivity contribution in [2.75, 3.05) is 0 Å².